The van der Waals surface area contributed by atoms with E-state index >= 15 is 0 Å². The number of hydrogen-bond acceptors (Lipinski definition) is 5. The lowest BCUT2D eigenvalue weighted by molar-refractivity contribution is 0.532. The molecule has 1 unspecified atom stereocenters. The molecule has 0 radical (unpaired) electrons. The SMILES string of the molecule is CCc1cccnc1C(Cc1nc(C)cs1)NN. The number of rotatable bonds is 5. The van der Waals surface area contributed by atoms with Gasteiger partial charge in [0.05, 0.1) is 16.7 Å². The normalized spacial score (nSPS) is 12.6. The molecule has 0 amide bonds. The van der Waals surface area contributed by atoms with Crippen LogP contribution in [0.4, 0.5) is 0 Å². The van der Waals surface area contributed by atoms with Gasteiger partial charge in [-0.1, -0.05) is 13.0 Å². The number of aryl methyl sites for hydroxylation is 2. The van der Waals surface area contributed by atoms with Crippen LogP contribution >= 0.6 is 11.3 Å². The average Bonchev–Trinajstić information content (AvgIpc) is 2.81. The van der Waals surface area contributed by atoms with Crippen molar-refractivity contribution in [1.29, 1.82) is 0 Å². The molecule has 2 heterocycles. The zero-order valence-electron chi connectivity index (χ0n) is 10.7. The fraction of sp³-hybridized carbons (Fsp3) is 0.385. The van der Waals surface area contributed by atoms with Gasteiger partial charge in [0.2, 0.25) is 0 Å². The standard InChI is InChI=1S/C13H18N4S/c1-3-10-5-4-6-15-13(10)11(17-14)7-12-16-9(2)8-18-12/h4-6,8,11,17H,3,7,14H2,1-2H3. The van der Waals surface area contributed by atoms with Crippen LogP contribution in [-0.2, 0) is 12.8 Å². The minimum Gasteiger partial charge on any atom is -0.271 e. The summed E-state index contributed by atoms with van der Waals surface area (Å²) in [6, 6.07) is 4.08. The molecule has 0 aliphatic carbocycles. The van der Waals surface area contributed by atoms with Crippen molar-refractivity contribution in [1.82, 2.24) is 15.4 Å². The third-order valence-corrected chi connectivity index (χ3v) is 3.87. The van der Waals surface area contributed by atoms with Crippen molar-refractivity contribution in [2.24, 2.45) is 5.84 Å². The number of thiazole rings is 1. The Morgan fingerprint density at radius 1 is 1.50 bits per heavy atom. The fourth-order valence-corrected chi connectivity index (χ4v) is 2.79. The highest BCUT2D eigenvalue weighted by molar-refractivity contribution is 7.09. The van der Waals surface area contributed by atoms with Crippen molar-refractivity contribution in [3.05, 3.63) is 45.7 Å². The second-order valence-corrected chi connectivity index (χ2v) is 5.15. The zero-order chi connectivity index (χ0) is 13.0. The van der Waals surface area contributed by atoms with Crippen LogP contribution in [0.3, 0.4) is 0 Å². The van der Waals surface area contributed by atoms with Crippen LogP contribution in [0.1, 0.15) is 34.9 Å². The Labute approximate surface area is 111 Å². The molecule has 4 nitrogen and oxygen atoms in total. The molecule has 2 aromatic rings. The predicted octanol–water partition coefficient (Wildman–Crippen LogP) is 2.16. The third-order valence-electron chi connectivity index (χ3n) is 2.88. The number of aromatic nitrogens is 2. The van der Waals surface area contributed by atoms with Crippen LogP contribution in [0.5, 0.6) is 0 Å². The van der Waals surface area contributed by atoms with E-state index in [-0.39, 0.29) is 6.04 Å². The first-order valence-corrected chi connectivity index (χ1v) is 6.93. The summed E-state index contributed by atoms with van der Waals surface area (Å²) in [4.78, 5) is 8.93. The van der Waals surface area contributed by atoms with E-state index in [0.29, 0.717) is 0 Å². The molecular weight excluding hydrogens is 244 g/mol. The first kappa shape index (κ1) is 13.1. The van der Waals surface area contributed by atoms with Gasteiger partial charge in [0.25, 0.3) is 0 Å². The maximum atomic E-state index is 5.67. The van der Waals surface area contributed by atoms with E-state index < -0.39 is 0 Å². The second-order valence-electron chi connectivity index (χ2n) is 4.21. The minimum absolute atomic E-state index is 0.0201. The Bertz CT molecular complexity index is 509. The molecule has 3 N–H and O–H groups in total. The van der Waals surface area contributed by atoms with Crippen LogP contribution in [0.25, 0.3) is 0 Å². The lowest BCUT2D eigenvalue weighted by Crippen LogP contribution is -2.31. The Kier molecular flexibility index (Phi) is 4.41. The van der Waals surface area contributed by atoms with Crippen LogP contribution in [0.2, 0.25) is 0 Å². The lowest BCUT2D eigenvalue weighted by Gasteiger charge is -2.16. The summed E-state index contributed by atoms with van der Waals surface area (Å²) in [7, 11) is 0. The maximum Gasteiger partial charge on any atom is 0.0948 e. The molecule has 18 heavy (non-hydrogen) atoms. The van der Waals surface area contributed by atoms with E-state index in [4.69, 9.17) is 5.84 Å². The highest BCUT2D eigenvalue weighted by atomic mass is 32.1. The zero-order valence-corrected chi connectivity index (χ0v) is 11.5. The van der Waals surface area contributed by atoms with E-state index in [2.05, 4.69) is 33.8 Å². The predicted molar refractivity (Wildman–Crippen MR) is 74.2 cm³/mol. The molecule has 0 saturated carbocycles. The summed E-state index contributed by atoms with van der Waals surface area (Å²) in [5.74, 6) is 5.67. The van der Waals surface area contributed by atoms with Gasteiger partial charge in [-0.25, -0.2) is 4.98 Å². The molecule has 2 rings (SSSR count). The van der Waals surface area contributed by atoms with Crippen LogP contribution in [-0.4, -0.2) is 9.97 Å². The van der Waals surface area contributed by atoms with Gasteiger partial charge in [-0.3, -0.25) is 16.3 Å². The van der Waals surface area contributed by atoms with Crippen molar-refractivity contribution in [3.63, 3.8) is 0 Å². The number of hydrazine groups is 1. The second kappa shape index (κ2) is 6.04. The molecular formula is C13H18N4S. The van der Waals surface area contributed by atoms with Crippen LogP contribution in [0.15, 0.2) is 23.7 Å². The Morgan fingerprint density at radius 3 is 2.94 bits per heavy atom. The molecule has 96 valence electrons. The molecule has 0 spiro atoms. The van der Waals surface area contributed by atoms with Crippen LogP contribution in [0, 0.1) is 6.92 Å². The molecule has 0 saturated heterocycles. The number of nitrogens with two attached hydrogens (primary N) is 1. The first-order chi connectivity index (χ1) is 8.74. The van der Waals surface area contributed by atoms with E-state index in [1.54, 1.807) is 11.3 Å². The van der Waals surface area contributed by atoms with Crippen molar-refractivity contribution in [2.45, 2.75) is 32.7 Å². The van der Waals surface area contributed by atoms with Gasteiger partial charge in [-0.15, -0.1) is 11.3 Å². The number of hydrogen-bond donors (Lipinski definition) is 2. The smallest absolute Gasteiger partial charge is 0.0948 e. The van der Waals surface area contributed by atoms with Gasteiger partial charge in [-0.05, 0) is 25.0 Å². The van der Waals surface area contributed by atoms with Gasteiger partial charge in [-0.2, -0.15) is 0 Å². The Morgan fingerprint density at radius 2 is 2.33 bits per heavy atom. The monoisotopic (exact) mass is 262 g/mol. The van der Waals surface area contributed by atoms with Crippen molar-refractivity contribution >= 4 is 11.3 Å². The lowest BCUT2D eigenvalue weighted by atomic mass is 10.0. The molecule has 2 aromatic heterocycles. The number of nitrogens with one attached hydrogen (secondary N) is 1. The average molecular weight is 262 g/mol. The van der Waals surface area contributed by atoms with Crippen LogP contribution < -0.4 is 11.3 Å². The van der Waals surface area contributed by atoms with E-state index in [1.807, 2.05) is 19.2 Å². The molecule has 0 aliphatic rings. The fourth-order valence-electron chi connectivity index (χ4n) is 1.97. The minimum atomic E-state index is 0.0201. The van der Waals surface area contributed by atoms with E-state index in [0.717, 1.165) is 29.2 Å². The molecule has 0 bridgehead atoms. The Hall–Kier alpha value is -1.30. The van der Waals surface area contributed by atoms with Gasteiger partial charge >= 0.3 is 0 Å². The molecule has 1 atom stereocenters. The number of pyridine rings is 1. The van der Waals surface area contributed by atoms with Crippen molar-refractivity contribution in [2.75, 3.05) is 0 Å². The van der Waals surface area contributed by atoms with Gasteiger partial charge in [0, 0.05) is 23.7 Å². The first-order valence-electron chi connectivity index (χ1n) is 6.05. The summed E-state index contributed by atoms with van der Waals surface area (Å²) < 4.78 is 0. The van der Waals surface area contributed by atoms with Gasteiger partial charge in [0.15, 0.2) is 0 Å². The quantitative estimate of drug-likeness (QED) is 0.640. The third kappa shape index (κ3) is 2.93. The molecule has 0 aliphatic heterocycles. The summed E-state index contributed by atoms with van der Waals surface area (Å²) in [5.41, 5.74) is 6.17. The molecule has 0 fully saturated rings. The summed E-state index contributed by atoms with van der Waals surface area (Å²) in [6.45, 7) is 4.13. The van der Waals surface area contributed by atoms with Crippen molar-refractivity contribution in [3.8, 4) is 0 Å². The largest absolute Gasteiger partial charge is 0.271 e. The highest BCUT2D eigenvalue weighted by Gasteiger charge is 2.16. The van der Waals surface area contributed by atoms with Crippen molar-refractivity contribution < 1.29 is 0 Å². The van der Waals surface area contributed by atoms with Gasteiger partial charge in [0.1, 0.15) is 0 Å². The summed E-state index contributed by atoms with van der Waals surface area (Å²) in [5, 5.41) is 3.14. The Balaban J connectivity index is 2.22. The van der Waals surface area contributed by atoms with E-state index in [9.17, 15) is 0 Å². The topological polar surface area (TPSA) is 63.8 Å². The molecule has 0 aromatic carbocycles. The summed E-state index contributed by atoms with van der Waals surface area (Å²) >= 11 is 1.67. The maximum absolute atomic E-state index is 5.67. The molecule has 5 heteroatoms. The van der Waals surface area contributed by atoms with E-state index in [1.165, 1.54) is 5.56 Å². The van der Waals surface area contributed by atoms with Gasteiger partial charge < -0.3 is 0 Å². The highest BCUT2D eigenvalue weighted by Crippen LogP contribution is 2.21. The number of nitrogens with zero attached hydrogens (tertiary/aromatic N) is 2. The summed E-state index contributed by atoms with van der Waals surface area (Å²) in [6.07, 6.45) is 3.54.